The predicted octanol–water partition coefficient (Wildman–Crippen LogP) is 3.64. The number of thiazole rings is 1. The maximum absolute atomic E-state index is 13.7. The Kier molecular flexibility index (Phi) is 5.59. The van der Waals surface area contributed by atoms with Crippen LogP contribution in [0.2, 0.25) is 0 Å². The summed E-state index contributed by atoms with van der Waals surface area (Å²) in [5.74, 6) is -0.954. The normalized spacial score (nSPS) is 30.8. The molecule has 7 unspecified atom stereocenters. The maximum Gasteiger partial charge on any atom is 0.305 e. The third-order valence-electron chi connectivity index (χ3n) is 8.76. The highest BCUT2D eigenvalue weighted by Gasteiger charge is 2.69. The number of benzene rings is 1. The quantitative estimate of drug-likeness (QED) is 0.473. The van der Waals surface area contributed by atoms with E-state index in [1.54, 1.807) is 18.0 Å². The molecule has 4 heterocycles. The number of carbonyl (C=O) groups excluding carboxylic acids is 3. The van der Waals surface area contributed by atoms with Gasteiger partial charge in [0.1, 0.15) is 0 Å². The van der Waals surface area contributed by atoms with Crippen LogP contribution in [0.15, 0.2) is 58.6 Å². The molecule has 8 nitrogen and oxygen atoms in total. The maximum atomic E-state index is 13.7. The fourth-order valence-electron chi connectivity index (χ4n) is 7.31. The number of carbonyl (C=O) groups is 3. The van der Waals surface area contributed by atoms with Crippen LogP contribution in [0.4, 0.5) is 5.69 Å². The number of likely N-dealkylation sites (tertiary alicyclic amines) is 1. The van der Waals surface area contributed by atoms with Crippen molar-refractivity contribution in [1.29, 1.82) is 0 Å². The smallest absolute Gasteiger partial charge is 0.305 e. The van der Waals surface area contributed by atoms with Crippen molar-refractivity contribution in [3.05, 3.63) is 74.5 Å². The molecule has 1 aromatic carbocycles. The highest BCUT2D eigenvalue weighted by molar-refractivity contribution is 8.00. The monoisotopic (exact) mass is 546 g/mol. The minimum absolute atomic E-state index is 0.0258. The number of hydrogen-bond acceptors (Lipinski definition) is 7. The van der Waals surface area contributed by atoms with Crippen LogP contribution in [0.5, 0.6) is 0 Å². The second-order valence-electron chi connectivity index (χ2n) is 10.7. The lowest BCUT2D eigenvalue weighted by molar-refractivity contribution is -0.141. The molecule has 194 valence electrons. The minimum Gasteiger partial charge on any atom is -0.326 e. The van der Waals surface area contributed by atoms with Gasteiger partial charge in [-0.15, -0.1) is 11.8 Å². The zero-order valence-electron chi connectivity index (χ0n) is 20.6. The van der Waals surface area contributed by atoms with Crippen LogP contribution in [-0.2, 0) is 14.4 Å². The van der Waals surface area contributed by atoms with Crippen LogP contribution in [0.3, 0.4) is 0 Å². The number of thioether (sulfide) groups is 1. The Balaban J connectivity index is 1.13. The van der Waals surface area contributed by atoms with E-state index in [2.05, 4.69) is 15.3 Å². The number of nitrogens with zero attached hydrogens (tertiary/aromatic N) is 2. The van der Waals surface area contributed by atoms with Gasteiger partial charge in [-0.3, -0.25) is 29.1 Å². The molecule has 2 aliphatic heterocycles. The Labute approximate surface area is 227 Å². The van der Waals surface area contributed by atoms with Gasteiger partial charge in [0, 0.05) is 47.1 Å². The average molecular weight is 547 g/mol. The van der Waals surface area contributed by atoms with E-state index in [1.807, 2.05) is 49.5 Å². The van der Waals surface area contributed by atoms with Gasteiger partial charge in [-0.2, -0.15) is 0 Å². The number of aryl methyl sites for hydroxylation is 1. The summed E-state index contributed by atoms with van der Waals surface area (Å²) in [5, 5.41) is 3.89. The van der Waals surface area contributed by atoms with Gasteiger partial charge in [0.15, 0.2) is 0 Å². The minimum atomic E-state index is -0.356. The lowest BCUT2D eigenvalue weighted by Crippen LogP contribution is -2.42. The molecule has 0 radical (unpaired) electrons. The molecule has 2 N–H and O–H groups in total. The van der Waals surface area contributed by atoms with Gasteiger partial charge < -0.3 is 10.3 Å². The first-order valence-corrected chi connectivity index (χ1v) is 14.6. The second kappa shape index (κ2) is 8.91. The van der Waals surface area contributed by atoms with E-state index in [0.29, 0.717) is 5.69 Å². The van der Waals surface area contributed by atoms with Crippen molar-refractivity contribution in [1.82, 2.24) is 14.9 Å². The number of hydrogen-bond donors (Lipinski definition) is 2. The zero-order valence-corrected chi connectivity index (χ0v) is 22.3. The van der Waals surface area contributed by atoms with Crippen LogP contribution < -0.4 is 10.2 Å². The first-order valence-electron chi connectivity index (χ1n) is 12.9. The van der Waals surface area contributed by atoms with E-state index in [0.717, 1.165) is 27.5 Å². The summed E-state index contributed by atoms with van der Waals surface area (Å²) >= 11 is 2.91. The summed E-state index contributed by atoms with van der Waals surface area (Å²) in [7, 11) is 0. The number of rotatable bonds is 5. The molecule has 4 aliphatic rings. The molecule has 10 heteroatoms. The van der Waals surface area contributed by atoms with Gasteiger partial charge in [-0.05, 0) is 54.9 Å². The molecule has 7 atom stereocenters. The van der Waals surface area contributed by atoms with Crippen molar-refractivity contribution in [2.75, 3.05) is 11.9 Å². The van der Waals surface area contributed by atoms with Crippen LogP contribution in [0, 0.1) is 36.5 Å². The molecule has 2 aromatic heterocycles. The molecule has 1 saturated heterocycles. The largest absolute Gasteiger partial charge is 0.326 e. The molecule has 3 aromatic rings. The molecule has 3 fully saturated rings. The fraction of sp³-hybridized carbons (Fsp3) is 0.393. The predicted molar refractivity (Wildman–Crippen MR) is 144 cm³/mol. The lowest BCUT2D eigenvalue weighted by atomic mass is 9.68. The molecule has 2 bridgehead atoms. The molecular formula is C28H26N4O4S2. The van der Waals surface area contributed by atoms with Gasteiger partial charge in [0.05, 0.1) is 16.9 Å². The summed E-state index contributed by atoms with van der Waals surface area (Å²) in [6, 6.07) is 11.5. The highest BCUT2D eigenvalue weighted by Crippen LogP contribution is 2.68. The third kappa shape index (κ3) is 3.60. The zero-order chi connectivity index (χ0) is 26.1. The SMILES string of the molecule is Cc1ccc(NC(=O)CCN2C(=O)C3C4CC(C3C2=O)C2C(c3cccnc3)c3sc(=O)[nH]c3SC42)cc1. The third-order valence-corrected chi connectivity index (χ3v) is 11.3. The van der Waals surface area contributed by atoms with E-state index in [4.69, 9.17) is 0 Å². The molecule has 7 rings (SSSR count). The number of pyridine rings is 1. The number of nitrogens with one attached hydrogen (secondary N) is 2. The van der Waals surface area contributed by atoms with Gasteiger partial charge >= 0.3 is 4.87 Å². The van der Waals surface area contributed by atoms with Gasteiger partial charge in [-0.25, -0.2) is 0 Å². The Hall–Kier alpha value is -3.24. The van der Waals surface area contributed by atoms with Gasteiger partial charge in [0.2, 0.25) is 17.7 Å². The van der Waals surface area contributed by atoms with Crippen molar-refractivity contribution >= 4 is 46.5 Å². The van der Waals surface area contributed by atoms with Crippen molar-refractivity contribution in [3.8, 4) is 0 Å². The van der Waals surface area contributed by atoms with Crippen LogP contribution in [0.1, 0.15) is 34.8 Å². The van der Waals surface area contributed by atoms with Crippen molar-refractivity contribution in [2.45, 2.75) is 36.0 Å². The topological polar surface area (TPSA) is 112 Å². The van der Waals surface area contributed by atoms with E-state index < -0.39 is 0 Å². The summed E-state index contributed by atoms with van der Waals surface area (Å²) in [4.78, 5) is 61.8. The summed E-state index contributed by atoms with van der Waals surface area (Å²) in [6.07, 6.45) is 4.50. The van der Waals surface area contributed by atoms with Gasteiger partial charge in [0.25, 0.3) is 0 Å². The molecule has 3 amide bonds. The second-order valence-corrected chi connectivity index (χ2v) is 12.9. The Bertz CT molecular complexity index is 1500. The molecule has 0 spiro atoms. The standard InChI is InChI=1S/C28H26N4O4S2/c1-13-4-6-15(7-5-13)30-18(33)8-10-32-26(34)21-16-11-17(22(21)27(32)35)23-20(16)19(14-3-2-9-29-12-14)24-25(37-23)31-28(36)38-24/h2-7,9,12,16-17,19-23H,8,10-11H2,1H3,(H,30,33)(H,31,36). The van der Waals surface area contributed by atoms with Crippen LogP contribution in [0.25, 0.3) is 0 Å². The fourth-order valence-corrected chi connectivity index (χ4v) is 10.2. The van der Waals surface area contributed by atoms with Crippen molar-refractivity contribution in [3.63, 3.8) is 0 Å². The van der Waals surface area contributed by atoms with Crippen LogP contribution in [-0.4, -0.2) is 44.4 Å². The van der Waals surface area contributed by atoms with E-state index in [9.17, 15) is 19.2 Å². The number of fused-ring (bicyclic) bond motifs is 9. The number of anilines is 1. The number of aromatic nitrogens is 2. The number of H-pyrrole nitrogens is 1. The molecular weight excluding hydrogens is 520 g/mol. The first kappa shape index (κ1) is 23.8. The molecule has 2 saturated carbocycles. The number of imide groups is 1. The van der Waals surface area contributed by atoms with E-state index in [1.165, 1.54) is 16.2 Å². The lowest BCUT2D eigenvalue weighted by Gasteiger charge is -2.42. The Morgan fingerprint density at radius 3 is 2.61 bits per heavy atom. The average Bonchev–Trinajstić information content (AvgIpc) is 3.64. The van der Waals surface area contributed by atoms with Crippen molar-refractivity contribution < 1.29 is 14.4 Å². The van der Waals surface area contributed by atoms with E-state index >= 15 is 0 Å². The summed E-state index contributed by atoms with van der Waals surface area (Å²) in [5.41, 5.74) is 2.84. The summed E-state index contributed by atoms with van der Waals surface area (Å²) in [6.45, 7) is 2.07. The number of amides is 3. The Morgan fingerprint density at radius 1 is 1.11 bits per heavy atom. The van der Waals surface area contributed by atoms with Gasteiger partial charge in [-0.1, -0.05) is 35.1 Å². The van der Waals surface area contributed by atoms with E-state index in [-0.39, 0.29) is 76.3 Å². The number of aromatic amines is 1. The first-order chi connectivity index (χ1) is 18.4. The summed E-state index contributed by atoms with van der Waals surface area (Å²) < 4.78 is 0. The molecule has 2 aliphatic carbocycles. The van der Waals surface area contributed by atoms with Crippen molar-refractivity contribution in [2.24, 2.45) is 29.6 Å². The molecule has 38 heavy (non-hydrogen) atoms. The van der Waals surface area contributed by atoms with Crippen LogP contribution >= 0.6 is 23.1 Å². The highest BCUT2D eigenvalue weighted by atomic mass is 32.2. The Morgan fingerprint density at radius 2 is 1.87 bits per heavy atom.